The highest BCUT2D eigenvalue weighted by atomic mass is 16.3. The zero-order valence-corrected chi connectivity index (χ0v) is 13.8. The molecule has 0 radical (unpaired) electrons. The van der Waals surface area contributed by atoms with Gasteiger partial charge in [0.25, 0.3) is 5.91 Å². The van der Waals surface area contributed by atoms with Crippen LogP contribution in [0.4, 0.5) is 11.6 Å². The molecule has 0 unspecified atom stereocenters. The number of nitrogens with two attached hydrogens (primary N) is 1. The second-order valence-corrected chi connectivity index (χ2v) is 5.90. The van der Waals surface area contributed by atoms with Gasteiger partial charge in [0.1, 0.15) is 11.1 Å². The molecule has 0 spiro atoms. The first-order valence-electron chi connectivity index (χ1n) is 7.89. The maximum absolute atomic E-state index is 12.6. The normalized spacial score (nSPS) is 15.0. The first kappa shape index (κ1) is 15.8. The van der Waals surface area contributed by atoms with Crippen LogP contribution >= 0.6 is 0 Å². The number of hydrogen-bond donors (Lipinski definition) is 2. The van der Waals surface area contributed by atoms with Crippen molar-refractivity contribution in [2.24, 2.45) is 10.2 Å². The SMILES string of the molecule is Cc1ccc2oc(N)c(/C=N/N=C3/C(=O)Nc4ccccc43)c(=O)c2c1. The second kappa shape index (κ2) is 5.96. The van der Waals surface area contributed by atoms with E-state index in [4.69, 9.17) is 10.2 Å². The highest BCUT2D eigenvalue weighted by Gasteiger charge is 2.25. The lowest BCUT2D eigenvalue weighted by Gasteiger charge is -2.02. The summed E-state index contributed by atoms with van der Waals surface area (Å²) in [6, 6.07) is 12.4. The fourth-order valence-electron chi connectivity index (χ4n) is 2.81. The molecule has 3 N–H and O–H groups in total. The number of aryl methyl sites for hydroxylation is 1. The van der Waals surface area contributed by atoms with Crippen LogP contribution < -0.4 is 16.5 Å². The first-order chi connectivity index (χ1) is 12.5. The molecule has 3 aromatic rings. The third kappa shape index (κ3) is 2.55. The van der Waals surface area contributed by atoms with E-state index in [1.807, 2.05) is 19.1 Å². The Bertz CT molecular complexity index is 1180. The van der Waals surface area contributed by atoms with E-state index < -0.39 is 0 Å². The summed E-state index contributed by atoms with van der Waals surface area (Å²) in [5, 5.41) is 11.0. The molecule has 7 heteroatoms. The quantitative estimate of drug-likeness (QED) is 0.548. The zero-order chi connectivity index (χ0) is 18.3. The van der Waals surface area contributed by atoms with Crippen molar-refractivity contribution in [1.82, 2.24) is 0 Å². The number of carbonyl (C=O) groups is 1. The van der Waals surface area contributed by atoms with Crippen LogP contribution in [0.2, 0.25) is 0 Å². The Morgan fingerprint density at radius 1 is 1.15 bits per heavy atom. The average Bonchev–Trinajstić information content (AvgIpc) is 2.94. The first-order valence-corrected chi connectivity index (χ1v) is 7.89. The van der Waals surface area contributed by atoms with E-state index in [0.717, 1.165) is 5.56 Å². The van der Waals surface area contributed by atoms with Gasteiger partial charge in [0, 0.05) is 5.56 Å². The van der Waals surface area contributed by atoms with Gasteiger partial charge in [0.15, 0.2) is 5.71 Å². The molecule has 0 fully saturated rings. The zero-order valence-electron chi connectivity index (χ0n) is 13.8. The number of nitrogen functional groups attached to an aromatic ring is 1. The van der Waals surface area contributed by atoms with Crippen molar-refractivity contribution in [3.05, 3.63) is 69.4 Å². The molecule has 7 nitrogen and oxygen atoms in total. The molecule has 0 atom stereocenters. The van der Waals surface area contributed by atoms with Crippen LogP contribution in [0.5, 0.6) is 0 Å². The third-order valence-electron chi connectivity index (χ3n) is 4.10. The van der Waals surface area contributed by atoms with Gasteiger partial charge in [-0.1, -0.05) is 29.8 Å². The third-order valence-corrected chi connectivity index (χ3v) is 4.10. The lowest BCUT2D eigenvalue weighted by atomic mass is 10.1. The van der Waals surface area contributed by atoms with Crippen LogP contribution in [0.1, 0.15) is 16.7 Å². The Labute approximate surface area is 147 Å². The summed E-state index contributed by atoms with van der Waals surface area (Å²) in [6.07, 6.45) is 1.21. The van der Waals surface area contributed by atoms with Crippen LogP contribution in [0.25, 0.3) is 11.0 Å². The predicted octanol–water partition coefficient (Wildman–Crippen LogP) is 2.46. The number of nitrogens with zero attached hydrogens (tertiary/aromatic N) is 2. The second-order valence-electron chi connectivity index (χ2n) is 5.90. The summed E-state index contributed by atoms with van der Waals surface area (Å²) >= 11 is 0. The van der Waals surface area contributed by atoms with Gasteiger partial charge in [-0.2, -0.15) is 5.10 Å². The smallest absolute Gasteiger partial charge is 0.276 e. The Hall–Kier alpha value is -3.74. The number of carbonyl (C=O) groups excluding carboxylic acids is 1. The van der Waals surface area contributed by atoms with Crippen molar-refractivity contribution in [2.75, 3.05) is 11.1 Å². The standard InChI is InChI=1S/C19H14N4O3/c1-10-6-7-15-12(8-10)17(24)13(18(20)26-15)9-21-23-16-11-4-2-3-5-14(11)22-19(16)25/h2-9H,20H2,1H3,(H,22,23,25)/b21-9+. The van der Waals surface area contributed by atoms with E-state index in [1.165, 1.54) is 6.21 Å². The lowest BCUT2D eigenvalue weighted by Crippen LogP contribution is -2.14. The molecular weight excluding hydrogens is 332 g/mol. The summed E-state index contributed by atoms with van der Waals surface area (Å²) < 4.78 is 5.49. The molecule has 1 aromatic heterocycles. The minimum atomic E-state index is -0.350. The van der Waals surface area contributed by atoms with Crippen molar-refractivity contribution < 1.29 is 9.21 Å². The number of rotatable bonds is 2. The van der Waals surface area contributed by atoms with Crippen LogP contribution in [-0.2, 0) is 4.79 Å². The minimum absolute atomic E-state index is 0.0495. The van der Waals surface area contributed by atoms with Gasteiger partial charge >= 0.3 is 0 Å². The van der Waals surface area contributed by atoms with Gasteiger partial charge in [0.2, 0.25) is 11.3 Å². The Kier molecular flexibility index (Phi) is 3.62. The number of benzene rings is 2. The minimum Gasteiger partial charge on any atom is -0.440 e. The van der Waals surface area contributed by atoms with E-state index in [2.05, 4.69) is 15.5 Å². The summed E-state index contributed by atoms with van der Waals surface area (Å²) in [7, 11) is 0. The summed E-state index contributed by atoms with van der Waals surface area (Å²) in [5.74, 6) is -0.399. The highest BCUT2D eigenvalue weighted by molar-refractivity contribution is 6.53. The van der Waals surface area contributed by atoms with E-state index in [-0.39, 0.29) is 28.5 Å². The predicted molar refractivity (Wildman–Crippen MR) is 101 cm³/mol. The molecular formula is C19H14N4O3. The number of amides is 1. The van der Waals surface area contributed by atoms with Crippen molar-refractivity contribution in [3.8, 4) is 0 Å². The Morgan fingerprint density at radius 3 is 2.81 bits per heavy atom. The van der Waals surface area contributed by atoms with Crippen LogP contribution in [0.3, 0.4) is 0 Å². The van der Waals surface area contributed by atoms with Crippen molar-refractivity contribution in [2.45, 2.75) is 6.92 Å². The van der Waals surface area contributed by atoms with Gasteiger partial charge in [-0.15, -0.1) is 5.10 Å². The van der Waals surface area contributed by atoms with Crippen LogP contribution in [0, 0.1) is 6.92 Å². The fraction of sp³-hybridized carbons (Fsp3) is 0.0526. The van der Waals surface area contributed by atoms with Crippen LogP contribution in [-0.4, -0.2) is 17.8 Å². The van der Waals surface area contributed by atoms with Gasteiger partial charge in [-0.05, 0) is 25.1 Å². The Balaban J connectivity index is 1.76. The van der Waals surface area contributed by atoms with Crippen LogP contribution in [0.15, 0.2) is 61.9 Å². The van der Waals surface area contributed by atoms with Gasteiger partial charge in [0.05, 0.1) is 17.3 Å². The highest BCUT2D eigenvalue weighted by Crippen LogP contribution is 2.23. The number of para-hydroxylation sites is 1. The molecule has 0 aliphatic carbocycles. The molecule has 1 aliphatic rings. The monoisotopic (exact) mass is 346 g/mol. The average molecular weight is 346 g/mol. The van der Waals surface area contributed by atoms with Gasteiger partial charge < -0.3 is 15.5 Å². The number of fused-ring (bicyclic) bond motifs is 2. The van der Waals surface area contributed by atoms with Gasteiger partial charge in [-0.3, -0.25) is 9.59 Å². The summed E-state index contributed by atoms with van der Waals surface area (Å²) in [4.78, 5) is 24.6. The molecule has 4 rings (SSSR count). The molecule has 128 valence electrons. The van der Waals surface area contributed by atoms with E-state index in [1.54, 1.807) is 30.3 Å². The molecule has 0 bridgehead atoms. The molecule has 26 heavy (non-hydrogen) atoms. The molecule has 0 saturated heterocycles. The molecule has 0 saturated carbocycles. The molecule has 1 amide bonds. The largest absolute Gasteiger partial charge is 0.440 e. The van der Waals surface area contributed by atoms with Crippen molar-refractivity contribution >= 4 is 40.4 Å². The van der Waals surface area contributed by atoms with E-state index in [9.17, 15) is 9.59 Å². The van der Waals surface area contributed by atoms with E-state index in [0.29, 0.717) is 22.2 Å². The fourth-order valence-corrected chi connectivity index (χ4v) is 2.81. The topological polar surface area (TPSA) is 110 Å². The maximum atomic E-state index is 12.6. The number of hydrogen-bond acceptors (Lipinski definition) is 6. The maximum Gasteiger partial charge on any atom is 0.276 e. The molecule has 1 aliphatic heterocycles. The van der Waals surface area contributed by atoms with Crippen molar-refractivity contribution in [3.63, 3.8) is 0 Å². The van der Waals surface area contributed by atoms with E-state index >= 15 is 0 Å². The van der Waals surface area contributed by atoms with Crippen molar-refractivity contribution in [1.29, 1.82) is 0 Å². The molecule has 2 heterocycles. The van der Waals surface area contributed by atoms with Gasteiger partial charge in [-0.25, -0.2) is 0 Å². The molecule has 2 aromatic carbocycles. The summed E-state index contributed by atoms with van der Waals surface area (Å²) in [6.45, 7) is 1.88. The Morgan fingerprint density at radius 2 is 1.96 bits per heavy atom. The number of anilines is 2. The lowest BCUT2D eigenvalue weighted by molar-refractivity contribution is -0.110. The summed E-state index contributed by atoms with van der Waals surface area (Å²) in [5.41, 5.74) is 8.48. The number of nitrogens with one attached hydrogen (secondary N) is 1.